The average Bonchev–Trinajstić information content (AvgIpc) is 2.61. The predicted molar refractivity (Wildman–Crippen MR) is 107 cm³/mol. The highest BCUT2D eigenvalue weighted by molar-refractivity contribution is 6.34. The van der Waals surface area contributed by atoms with Gasteiger partial charge in [-0.3, -0.25) is 0 Å². The van der Waals surface area contributed by atoms with E-state index in [0.29, 0.717) is 41.5 Å². The number of nitrogens with two attached hydrogens (primary N) is 3. The number of aliphatic hydroxyl groups excluding tert-OH is 3. The zero-order chi connectivity index (χ0) is 19.5. The van der Waals surface area contributed by atoms with Crippen LogP contribution < -0.4 is 22.3 Å². The summed E-state index contributed by atoms with van der Waals surface area (Å²) in [6.07, 6.45) is 1.07. The molecule has 0 aromatic heterocycles. The van der Waals surface area contributed by atoms with Gasteiger partial charge < -0.3 is 31.8 Å². The van der Waals surface area contributed by atoms with Crippen molar-refractivity contribution in [2.45, 2.75) is 12.8 Å². The first-order valence-corrected chi connectivity index (χ1v) is 8.58. The summed E-state index contributed by atoms with van der Waals surface area (Å²) >= 11 is 6.10. The number of benzene rings is 2. The summed E-state index contributed by atoms with van der Waals surface area (Å²) in [7, 11) is 0. The van der Waals surface area contributed by atoms with Gasteiger partial charge in [0.15, 0.2) is 0 Å². The summed E-state index contributed by atoms with van der Waals surface area (Å²) in [5.41, 5.74) is 14.9. The van der Waals surface area contributed by atoms with Crippen LogP contribution in [-0.2, 0) is 12.8 Å². The molecular formula is C18H27ClN4O3. The first-order chi connectivity index (χ1) is 12.4. The SMILES string of the molecule is NN(CCO)c1cccc(CCO)c1Cl.Nc1ccc(N)c(CCO)c1. The van der Waals surface area contributed by atoms with Gasteiger partial charge in [-0.2, -0.15) is 0 Å². The molecule has 0 aliphatic rings. The number of nitrogen functional groups attached to an aromatic ring is 2. The molecule has 9 N–H and O–H groups in total. The Bertz CT molecular complexity index is 685. The van der Waals surface area contributed by atoms with Crippen molar-refractivity contribution in [2.75, 3.05) is 42.8 Å². The quantitative estimate of drug-likeness (QED) is 0.237. The lowest BCUT2D eigenvalue weighted by Gasteiger charge is -2.20. The van der Waals surface area contributed by atoms with E-state index >= 15 is 0 Å². The van der Waals surface area contributed by atoms with Gasteiger partial charge in [0.05, 0.1) is 23.9 Å². The monoisotopic (exact) mass is 382 g/mol. The molecule has 0 amide bonds. The second-order valence-electron chi connectivity index (χ2n) is 5.57. The van der Waals surface area contributed by atoms with Crippen molar-refractivity contribution >= 4 is 28.7 Å². The molecule has 2 aromatic carbocycles. The topological polar surface area (TPSA) is 142 Å². The maximum Gasteiger partial charge on any atom is 0.0707 e. The van der Waals surface area contributed by atoms with Gasteiger partial charge in [-0.05, 0) is 48.2 Å². The normalized spacial score (nSPS) is 10.2. The lowest BCUT2D eigenvalue weighted by molar-refractivity contribution is 0.299. The van der Waals surface area contributed by atoms with Gasteiger partial charge >= 0.3 is 0 Å². The Morgan fingerprint density at radius 2 is 1.54 bits per heavy atom. The molecule has 7 nitrogen and oxygen atoms in total. The molecule has 2 aromatic rings. The summed E-state index contributed by atoms with van der Waals surface area (Å²) in [5, 5.41) is 28.2. The molecule has 26 heavy (non-hydrogen) atoms. The van der Waals surface area contributed by atoms with Crippen LogP contribution in [0.4, 0.5) is 17.1 Å². The number of anilines is 3. The van der Waals surface area contributed by atoms with Crippen LogP contribution in [0.15, 0.2) is 36.4 Å². The largest absolute Gasteiger partial charge is 0.399 e. The zero-order valence-corrected chi connectivity index (χ0v) is 15.4. The lowest BCUT2D eigenvalue weighted by Crippen LogP contribution is -2.33. The minimum atomic E-state index is -0.0307. The van der Waals surface area contributed by atoms with E-state index in [2.05, 4.69) is 0 Å². The molecule has 8 heteroatoms. The first kappa shape index (κ1) is 22.0. The van der Waals surface area contributed by atoms with Crippen LogP contribution in [0.25, 0.3) is 0 Å². The Labute approximate surface area is 158 Å². The maximum atomic E-state index is 8.83. The Kier molecular flexibility index (Phi) is 9.79. The number of hydrogen-bond acceptors (Lipinski definition) is 7. The number of halogens is 1. The van der Waals surface area contributed by atoms with Gasteiger partial charge in [0.25, 0.3) is 0 Å². The molecule has 0 saturated carbocycles. The van der Waals surface area contributed by atoms with Crippen LogP contribution in [0, 0.1) is 0 Å². The molecule has 0 saturated heterocycles. The molecule has 0 fully saturated rings. The Balaban J connectivity index is 0.000000273. The fraction of sp³-hybridized carbons (Fsp3) is 0.333. The standard InChI is InChI=1S/C10H15ClN2O2.C8H12N2O/c11-10-8(4-6-14)2-1-3-9(10)13(12)5-7-15;9-7-1-2-8(10)6(5-7)3-4-11/h1-3,14-15H,4-7,12H2;1-2,5,11H,3-4,9-10H2. The Hall–Kier alpha value is -2.03. The van der Waals surface area contributed by atoms with E-state index in [0.717, 1.165) is 11.1 Å². The van der Waals surface area contributed by atoms with Crippen LogP contribution in [0.5, 0.6) is 0 Å². The highest BCUT2D eigenvalue weighted by atomic mass is 35.5. The van der Waals surface area contributed by atoms with E-state index in [1.165, 1.54) is 5.01 Å². The van der Waals surface area contributed by atoms with Crippen LogP contribution >= 0.6 is 11.6 Å². The minimum absolute atomic E-state index is 0.0307. The molecule has 0 bridgehead atoms. The van der Waals surface area contributed by atoms with Crippen LogP contribution in [0.1, 0.15) is 11.1 Å². The zero-order valence-electron chi connectivity index (χ0n) is 14.6. The summed E-state index contributed by atoms with van der Waals surface area (Å²) in [4.78, 5) is 0. The number of hydrazine groups is 1. The molecular weight excluding hydrogens is 356 g/mol. The smallest absolute Gasteiger partial charge is 0.0707 e. The molecule has 0 radical (unpaired) electrons. The molecule has 0 aliphatic carbocycles. The van der Waals surface area contributed by atoms with Gasteiger partial charge in [0, 0.05) is 24.6 Å². The summed E-state index contributed by atoms with van der Waals surface area (Å²) < 4.78 is 0. The van der Waals surface area contributed by atoms with Crippen molar-refractivity contribution in [1.29, 1.82) is 0 Å². The van der Waals surface area contributed by atoms with Crippen LogP contribution in [0.3, 0.4) is 0 Å². The summed E-state index contributed by atoms with van der Waals surface area (Å²) in [5.74, 6) is 5.70. The number of nitrogens with zero attached hydrogens (tertiary/aromatic N) is 1. The first-order valence-electron chi connectivity index (χ1n) is 8.20. The highest BCUT2D eigenvalue weighted by Crippen LogP contribution is 2.27. The van der Waals surface area contributed by atoms with Crippen molar-refractivity contribution in [3.8, 4) is 0 Å². The van der Waals surface area contributed by atoms with Crippen molar-refractivity contribution in [3.05, 3.63) is 52.5 Å². The number of aliphatic hydroxyl groups is 3. The van der Waals surface area contributed by atoms with Gasteiger partial charge in [0.1, 0.15) is 0 Å². The predicted octanol–water partition coefficient (Wildman–Crippen LogP) is 0.933. The summed E-state index contributed by atoms with van der Waals surface area (Å²) in [6, 6.07) is 10.7. The third kappa shape index (κ3) is 6.70. The molecule has 0 heterocycles. The Morgan fingerprint density at radius 1 is 0.885 bits per heavy atom. The fourth-order valence-electron chi connectivity index (χ4n) is 2.29. The van der Waals surface area contributed by atoms with Crippen LogP contribution in [0.2, 0.25) is 5.02 Å². The third-order valence-corrected chi connectivity index (χ3v) is 4.07. The molecule has 0 atom stereocenters. The van der Waals surface area contributed by atoms with Gasteiger partial charge in [0.2, 0.25) is 0 Å². The lowest BCUT2D eigenvalue weighted by atomic mass is 10.1. The van der Waals surface area contributed by atoms with Crippen LogP contribution in [-0.4, -0.2) is 41.7 Å². The second-order valence-corrected chi connectivity index (χ2v) is 5.95. The van der Waals surface area contributed by atoms with Crippen molar-refractivity contribution in [3.63, 3.8) is 0 Å². The number of hydrogen-bond donors (Lipinski definition) is 6. The van der Waals surface area contributed by atoms with Crippen molar-refractivity contribution in [1.82, 2.24) is 0 Å². The molecule has 0 unspecified atom stereocenters. The molecule has 144 valence electrons. The second kappa shape index (κ2) is 11.6. The average molecular weight is 383 g/mol. The van der Waals surface area contributed by atoms with Gasteiger partial charge in [-0.15, -0.1) is 0 Å². The minimum Gasteiger partial charge on any atom is -0.399 e. The fourth-order valence-corrected chi connectivity index (χ4v) is 2.62. The maximum absolute atomic E-state index is 8.83. The van der Waals surface area contributed by atoms with Crippen molar-refractivity contribution in [2.24, 2.45) is 5.84 Å². The number of rotatable bonds is 7. The van der Waals surface area contributed by atoms with E-state index in [1.54, 1.807) is 24.3 Å². The summed E-state index contributed by atoms with van der Waals surface area (Å²) in [6.45, 7) is 0.445. The highest BCUT2D eigenvalue weighted by Gasteiger charge is 2.09. The van der Waals surface area contributed by atoms with Gasteiger partial charge in [-0.25, -0.2) is 5.84 Å². The van der Waals surface area contributed by atoms with E-state index in [-0.39, 0.29) is 19.8 Å². The Morgan fingerprint density at radius 3 is 2.15 bits per heavy atom. The third-order valence-electron chi connectivity index (χ3n) is 3.64. The van der Waals surface area contributed by atoms with E-state index in [9.17, 15) is 0 Å². The van der Waals surface area contributed by atoms with E-state index in [4.69, 9.17) is 44.2 Å². The van der Waals surface area contributed by atoms with Gasteiger partial charge in [-0.1, -0.05) is 23.7 Å². The van der Waals surface area contributed by atoms with E-state index < -0.39 is 0 Å². The van der Waals surface area contributed by atoms with Crippen molar-refractivity contribution < 1.29 is 15.3 Å². The molecule has 2 rings (SSSR count). The van der Waals surface area contributed by atoms with E-state index in [1.807, 2.05) is 12.1 Å². The molecule has 0 aliphatic heterocycles. The molecule has 0 spiro atoms.